The summed E-state index contributed by atoms with van der Waals surface area (Å²) < 4.78 is 30.0. The number of sulfone groups is 1. The molecule has 116 valence electrons. The molecule has 1 aromatic carbocycles. The molecule has 1 aliphatic carbocycles. The first-order valence-corrected chi connectivity index (χ1v) is 9.69. The lowest BCUT2D eigenvalue weighted by molar-refractivity contribution is 0.0695. The largest absolute Gasteiger partial charge is 0.489 e. The third kappa shape index (κ3) is 4.32. The van der Waals surface area contributed by atoms with Gasteiger partial charge in [0.1, 0.15) is 21.7 Å². The fourth-order valence-electron chi connectivity index (χ4n) is 2.50. The van der Waals surface area contributed by atoms with E-state index < -0.39 is 15.8 Å². The zero-order valence-electron chi connectivity index (χ0n) is 11.6. The van der Waals surface area contributed by atoms with Crippen LogP contribution < -0.4 is 4.74 Å². The van der Waals surface area contributed by atoms with Crippen molar-refractivity contribution in [2.45, 2.75) is 37.0 Å². The second-order valence-electron chi connectivity index (χ2n) is 5.31. The molecule has 5 nitrogen and oxygen atoms in total. The highest BCUT2D eigenvalue weighted by Crippen LogP contribution is 2.30. The van der Waals surface area contributed by atoms with E-state index in [0.717, 1.165) is 16.4 Å². The van der Waals surface area contributed by atoms with Crippen molar-refractivity contribution >= 4 is 38.4 Å². The maximum atomic E-state index is 11.7. The summed E-state index contributed by atoms with van der Waals surface area (Å²) in [6.07, 6.45) is 3.80. The second-order valence-corrected chi connectivity index (χ2v) is 8.80. The summed E-state index contributed by atoms with van der Waals surface area (Å²) in [5.41, 5.74) is 0.167. The molecule has 0 bridgehead atoms. The molecule has 2 unspecified atom stereocenters. The summed E-state index contributed by atoms with van der Waals surface area (Å²) in [5.74, 6) is -0.497. The van der Waals surface area contributed by atoms with Gasteiger partial charge in [-0.2, -0.15) is 0 Å². The number of hydrogen-bond donors (Lipinski definition) is 1. The molecule has 0 saturated heterocycles. The summed E-state index contributed by atoms with van der Waals surface area (Å²) in [6.45, 7) is 0. The number of ether oxygens (including phenoxy) is 1. The third-order valence-corrected chi connectivity index (χ3v) is 6.19. The highest BCUT2D eigenvalue weighted by atomic mass is 127. The molecule has 2 atom stereocenters. The van der Waals surface area contributed by atoms with Crippen LogP contribution in [0.25, 0.3) is 0 Å². The number of rotatable bonds is 4. The van der Waals surface area contributed by atoms with Crippen LogP contribution >= 0.6 is 22.6 Å². The van der Waals surface area contributed by atoms with Crippen molar-refractivity contribution in [3.8, 4) is 5.75 Å². The molecule has 1 fully saturated rings. The zero-order valence-corrected chi connectivity index (χ0v) is 14.6. The Bertz CT molecular complexity index is 641. The van der Waals surface area contributed by atoms with Gasteiger partial charge in [-0.1, -0.05) is 0 Å². The fourth-order valence-corrected chi connectivity index (χ4v) is 4.13. The van der Waals surface area contributed by atoms with Crippen molar-refractivity contribution in [1.29, 1.82) is 0 Å². The van der Waals surface area contributed by atoms with Crippen molar-refractivity contribution in [3.63, 3.8) is 0 Å². The van der Waals surface area contributed by atoms with Crippen LogP contribution in [0, 0.1) is 3.57 Å². The number of benzene rings is 1. The Morgan fingerprint density at radius 2 is 2.10 bits per heavy atom. The molecule has 0 aromatic heterocycles. The van der Waals surface area contributed by atoms with E-state index in [1.54, 1.807) is 6.07 Å². The van der Waals surface area contributed by atoms with Crippen LogP contribution in [-0.4, -0.2) is 37.1 Å². The average Bonchev–Trinajstić information content (AvgIpc) is 2.40. The summed E-state index contributed by atoms with van der Waals surface area (Å²) in [5, 5.41) is 8.65. The Hall–Kier alpha value is -0.830. The fraction of sp³-hybridized carbons (Fsp3) is 0.500. The molecule has 2 rings (SSSR count). The molecule has 0 radical (unpaired) electrons. The summed E-state index contributed by atoms with van der Waals surface area (Å²) in [6, 6.07) is 4.71. The van der Waals surface area contributed by atoms with Gasteiger partial charge in [-0.3, -0.25) is 0 Å². The van der Waals surface area contributed by atoms with Crippen molar-refractivity contribution < 1.29 is 23.1 Å². The SMILES string of the molecule is CS(=O)(=O)C1CCCC(Oc2cc(C(=O)O)ccc2I)C1. The van der Waals surface area contributed by atoms with Gasteiger partial charge in [0.25, 0.3) is 0 Å². The van der Waals surface area contributed by atoms with Crippen LogP contribution in [0.15, 0.2) is 18.2 Å². The number of carboxylic acids is 1. The quantitative estimate of drug-likeness (QED) is 0.752. The molecule has 1 aliphatic rings. The maximum Gasteiger partial charge on any atom is 0.335 e. The standard InChI is InChI=1S/C14H17IO5S/c1-21(18,19)11-4-2-3-10(8-11)20-13-7-9(14(16)17)5-6-12(13)15/h5-7,10-11H,2-4,8H2,1H3,(H,16,17). The van der Waals surface area contributed by atoms with Crippen molar-refractivity contribution in [1.82, 2.24) is 0 Å². The Kier molecular flexibility index (Phi) is 5.13. The summed E-state index contributed by atoms with van der Waals surface area (Å²) in [7, 11) is -3.06. The van der Waals surface area contributed by atoms with Gasteiger partial charge in [0.2, 0.25) is 0 Å². The van der Waals surface area contributed by atoms with Gasteiger partial charge in [-0.25, -0.2) is 13.2 Å². The Balaban J connectivity index is 2.14. The number of halogens is 1. The van der Waals surface area contributed by atoms with Crippen LogP contribution in [0.1, 0.15) is 36.0 Å². The van der Waals surface area contributed by atoms with Crippen LogP contribution in [0.4, 0.5) is 0 Å². The van der Waals surface area contributed by atoms with Crippen molar-refractivity contribution in [2.75, 3.05) is 6.26 Å². The predicted molar refractivity (Wildman–Crippen MR) is 87.6 cm³/mol. The lowest BCUT2D eigenvalue weighted by Gasteiger charge is -2.29. The minimum atomic E-state index is -3.06. The van der Waals surface area contributed by atoms with Gasteiger partial charge in [-0.15, -0.1) is 0 Å². The molecular weight excluding hydrogens is 407 g/mol. The van der Waals surface area contributed by atoms with Crippen molar-refractivity contribution in [2.24, 2.45) is 0 Å². The van der Waals surface area contributed by atoms with Gasteiger partial charge >= 0.3 is 5.97 Å². The van der Waals surface area contributed by atoms with Crippen LogP contribution in [0.2, 0.25) is 0 Å². The molecule has 1 saturated carbocycles. The Morgan fingerprint density at radius 3 is 2.71 bits per heavy atom. The topological polar surface area (TPSA) is 80.7 Å². The van der Waals surface area contributed by atoms with Gasteiger partial charge in [0.05, 0.1) is 14.4 Å². The monoisotopic (exact) mass is 424 g/mol. The van der Waals surface area contributed by atoms with Gasteiger partial charge < -0.3 is 9.84 Å². The molecule has 0 heterocycles. The van der Waals surface area contributed by atoms with E-state index in [1.807, 2.05) is 0 Å². The molecule has 7 heteroatoms. The number of carbonyl (C=O) groups is 1. The van der Waals surface area contributed by atoms with E-state index >= 15 is 0 Å². The maximum absolute atomic E-state index is 11.7. The van der Waals surface area contributed by atoms with Gasteiger partial charge in [0, 0.05) is 12.7 Å². The molecule has 1 aromatic rings. The first-order valence-electron chi connectivity index (χ1n) is 6.65. The van der Waals surface area contributed by atoms with E-state index in [-0.39, 0.29) is 16.9 Å². The molecule has 1 N–H and O–H groups in total. The molecule has 0 spiro atoms. The minimum Gasteiger partial charge on any atom is -0.489 e. The third-order valence-electron chi connectivity index (χ3n) is 3.66. The normalized spacial score (nSPS) is 22.8. The van der Waals surface area contributed by atoms with E-state index in [9.17, 15) is 13.2 Å². The Morgan fingerprint density at radius 1 is 1.38 bits per heavy atom. The van der Waals surface area contributed by atoms with E-state index in [4.69, 9.17) is 9.84 Å². The van der Waals surface area contributed by atoms with E-state index in [0.29, 0.717) is 18.6 Å². The second kappa shape index (κ2) is 6.51. The first-order chi connectivity index (χ1) is 9.77. The van der Waals surface area contributed by atoms with Crippen LogP contribution in [0.3, 0.4) is 0 Å². The minimum absolute atomic E-state index is 0.167. The molecular formula is C14H17IO5S. The lowest BCUT2D eigenvalue weighted by atomic mass is 9.97. The van der Waals surface area contributed by atoms with E-state index in [1.165, 1.54) is 18.4 Å². The first kappa shape index (κ1) is 16.5. The average molecular weight is 424 g/mol. The zero-order chi connectivity index (χ0) is 15.6. The summed E-state index contributed by atoms with van der Waals surface area (Å²) in [4.78, 5) is 11.0. The van der Waals surface area contributed by atoms with Crippen LogP contribution in [-0.2, 0) is 9.84 Å². The molecule has 21 heavy (non-hydrogen) atoms. The van der Waals surface area contributed by atoms with Crippen molar-refractivity contribution in [3.05, 3.63) is 27.3 Å². The predicted octanol–water partition coefficient (Wildman–Crippen LogP) is 2.72. The van der Waals surface area contributed by atoms with Gasteiger partial charge in [0.15, 0.2) is 0 Å². The number of carboxylic acid groups (broad SMARTS) is 1. The smallest absolute Gasteiger partial charge is 0.335 e. The number of hydrogen-bond acceptors (Lipinski definition) is 4. The highest BCUT2D eigenvalue weighted by Gasteiger charge is 2.30. The molecule has 0 aliphatic heterocycles. The molecule has 0 amide bonds. The Labute approximate surface area is 137 Å². The van der Waals surface area contributed by atoms with E-state index in [2.05, 4.69) is 22.6 Å². The number of aromatic carboxylic acids is 1. The van der Waals surface area contributed by atoms with Crippen LogP contribution in [0.5, 0.6) is 5.75 Å². The van der Waals surface area contributed by atoms with Gasteiger partial charge in [-0.05, 0) is 60.1 Å². The summed E-state index contributed by atoms with van der Waals surface area (Å²) >= 11 is 2.08. The highest BCUT2D eigenvalue weighted by molar-refractivity contribution is 14.1. The lowest BCUT2D eigenvalue weighted by Crippen LogP contribution is -2.33.